The van der Waals surface area contributed by atoms with Crippen molar-refractivity contribution < 1.29 is 18.8 Å². The highest BCUT2D eigenvalue weighted by Gasteiger charge is 2.53. The Morgan fingerprint density at radius 1 is 1.13 bits per heavy atom. The molecular weight excluding hydrogens is 290 g/mol. The molecule has 0 saturated carbocycles. The Balaban J connectivity index is 1.45. The quantitative estimate of drug-likeness (QED) is 0.440. The molecule has 4 rings (SSSR count). The Morgan fingerprint density at radius 3 is 2.39 bits per heavy atom. The summed E-state index contributed by atoms with van der Waals surface area (Å²) in [5.74, 6) is 0.0397. The molecule has 0 unspecified atom stereocenters. The highest BCUT2D eigenvalue weighted by atomic mass is 16.5. The molecule has 3 saturated heterocycles. The molecule has 0 amide bonds. The number of hydrogen-bond acceptors (Lipinski definition) is 3. The van der Waals surface area contributed by atoms with Crippen LogP contribution in [-0.4, -0.2) is 49.8 Å². The van der Waals surface area contributed by atoms with Gasteiger partial charge in [0.1, 0.15) is 6.54 Å². The maximum absolute atomic E-state index is 12.2. The smallest absolute Gasteiger partial charge is 0.312 e. The van der Waals surface area contributed by atoms with Crippen LogP contribution in [0.2, 0.25) is 0 Å². The highest BCUT2D eigenvalue weighted by Crippen LogP contribution is 2.44. The molecular formula is C19H28NO3+. The molecule has 0 atom stereocenters. The first-order valence-electron chi connectivity index (χ1n) is 8.82. The molecule has 3 heterocycles. The lowest BCUT2D eigenvalue weighted by molar-refractivity contribution is -0.944. The van der Waals surface area contributed by atoms with E-state index in [-0.39, 0.29) is 11.4 Å². The SMILES string of the molecule is CCOC(=O)C12CC[N+](CCOCc3ccccc3)(CC1)CC2. The van der Waals surface area contributed by atoms with Gasteiger partial charge in [-0.2, -0.15) is 0 Å². The molecule has 1 aromatic rings. The van der Waals surface area contributed by atoms with E-state index in [2.05, 4.69) is 12.1 Å². The zero-order valence-electron chi connectivity index (χ0n) is 14.1. The van der Waals surface area contributed by atoms with Crippen molar-refractivity contribution >= 4 is 5.97 Å². The third-order valence-electron chi connectivity index (χ3n) is 5.72. The third-order valence-corrected chi connectivity index (χ3v) is 5.72. The molecule has 3 fully saturated rings. The van der Waals surface area contributed by atoms with Crippen LogP contribution >= 0.6 is 0 Å². The number of piperidine rings is 3. The van der Waals surface area contributed by atoms with Crippen LogP contribution in [0.3, 0.4) is 0 Å². The number of quaternary nitrogens is 1. The van der Waals surface area contributed by atoms with Gasteiger partial charge in [0.05, 0.1) is 44.9 Å². The van der Waals surface area contributed by atoms with Gasteiger partial charge < -0.3 is 14.0 Å². The van der Waals surface area contributed by atoms with Gasteiger partial charge in [-0.1, -0.05) is 30.3 Å². The number of carbonyl (C=O) groups is 1. The average molecular weight is 318 g/mol. The van der Waals surface area contributed by atoms with E-state index in [1.54, 1.807) is 0 Å². The van der Waals surface area contributed by atoms with Crippen molar-refractivity contribution in [1.82, 2.24) is 0 Å². The van der Waals surface area contributed by atoms with E-state index >= 15 is 0 Å². The standard InChI is InChI=1S/C19H28NO3/c1-2-23-18(21)19-8-11-20(12-9-19,13-10-19)14-15-22-16-17-6-4-3-5-7-17/h3-7H,2,8-16H2,1H3/q+1. The van der Waals surface area contributed by atoms with Gasteiger partial charge in [0.25, 0.3) is 0 Å². The van der Waals surface area contributed by atoms with Gasteiger partial charge >= 0.3 is 5.97 Å². The summed E-state index contributed by atoms with van der Waals surface area (Å²) in [6.07, 6.45) is 2.93. The number of ether oxygens (including phenoxy) is 2. The molecule has 3 aliphatic heterocycles. The molecule has 1 aromatic carbocycles. The van der Waals surface area contributed by atoms with Crippen LogP contribution in [0, 0.1) is 5.41 Å². The zero-order chi connectivity index (χ0) is 16.2. The number of nitrogens with zero attached hydrogens (tertiary/aromatic N) is 1. The predicted octanol–water partition coefficient (Wildman–Crippen LogP) is 2.77. The molecule has 3 aliphatic rings. The Bertz CT molecular complexity index is 504. The predicted molar refractivity (Wildman–Crippen MR) is 88.7 cm³/mol. The summed E-state index contributed by atoms with van der Waals surface area (Å²) in [4.78, 5) is 12.2. The van der Waals surface area contributed by atoms with Gasteiger partial charge in [0.15, 0.2) is 0 Å². The van der Waals surface area contributed by atoms with E-state index < -0.39 is 0 Å². The molecule has 2 bridgehead atoms. The molecule has 0 radical (unpaired) electrons. The molecule has 4 nitrogen and oxygen atoms in total. The summed E-state index contributed by atoms with van der Waals surface area (Å²) >= 11 is 0. The minimum Gasteiger partial charge on any atom is -0.466 e. The molecule has 0 spiro atoms. The van der Waals surface area contributed by atoms with Gasteiger partial charge in [0.2, 0.25) is 0 Å². The second kappa shape index (κ2) is 7.02. The maximum Gasteiger partial charge on any atom is 0.312 e. The summed E-state index contributed by atoms with van der Waals surface area (Å²) in [7, 11) is 0. The van der Waals surface area contributed by atoms with E-state index in [1.165, 1.54) is 5.56 Å². The number of carbonyl (C=O) groups excluding carboxylic acids is 1. The number of hydrogen-bond donors (Lipinski definition) is 0. The molecule has 0 N–H and O–H groups in total. The van der Waals surface area contributed by atoms with Crippen molar-refractivity contribution in [1.29, 1.82) is 0 Å². The second-order valence-corrected chi connectivity index (χ2v) is 7.03. The fourth-order valence-electron chi connectivity index (χ4n) is 4.01. The molecule has 0 aromatic heterocycles. The number of benzene rings is 1. The van der Waals surface area contributed by atoms with E-state index in [1.807, 2.05) is 25.1 Å². The van der Waals surface area contributed by atoms with Crippen LogP contribution in [0.15, 0.2) is 30.3 Å². The monoisotopic (exact) mass is 318 g/mol. The fourth-order valence-corrected chi connectivity index (χ4v) is 4.01. The Hall–Kier alpha value is -1.39. The number of fused-ring (bicyclic) bond motifs is 3. The minimum absolute atomic E-state index is 0.0397. The van der Waals surface area contributed by atoms with E-state index in [9.17, 15) is 4.79 Å². The highest BCUT2D eigenvalue weighted by molar-refractivity contribution is 5.77. The molecule has 4 heteroatoms. The Labute approximate surface area is 139 Å². The van der Waals surface area contributed by atoms with Crippen LogP contribution in [0.5, 0.6) is 0 Å². The van der Waals surface area contributed by atoms with Gasteiger partial charge in [-0.15, -0.1) is 0 Å². The van der Waals surface area contributed by atoms with Crippen molar-refractivity contribution in [2.24, 2.45) is 5.41 Å². The fraction of sp³-hybridized carbons (Fsp3) is 0.632. The zero-order valence-corrected chi connectivity index (χ0v) is 14.1. The van der Waals surface area contributed by atoms with Gasteiger partial charge in [-0.05, 0) is 12.5 Å². The van der Waals surface area contributed by atoms with E-state index in [4.69, 9.17) is 9.47 Å². The first-order chi connectivity index (χ1) is 11.2. The van der Waals surface area contributed by atoms with Crippen LogP contribution in [0.1, 0.15) is 31.7 Å². The minimum atomic E-state index is -0.180. The third kappa shape index (κ3) is 3.59. The largest absolute Gasteiger partial charge is 0.466 e. The lowest BCUT2D eigenvalue weighted by Gasteiger charge is -2.53. The van der Waals surface area contributed by atoms with Crippen LogP contribution in [-0.2, 0) is 20.9 Å². The molecule has 0 aliphatic carbocycles. The lowest BCUT2D eigenvalue weighted by Crippen LogP contribution is -2.64. The maximum atomic E-state index is 12.2. The van der Waals surface area contributed by atoms with Crippen molar-refractivity contribution in [3.8, 4) is 0 Å². The summed E-state index contributed by atoms with van der Waals surface area (Å²) in [6, 6.07) is 10.3. The second-order valence-electron chi connectivity index (χ2n) is 7.03. The van der Waals surface area contributed by atoms with E-state index in [0.29, 0.717) is 13.2 Å². The molecule has 23 heavy (non-hydrogen) atoms. The van der Waals surface area contributed by atoms with Gasteiger partial charge in [-0.25, -0.2) is 0 Å². The summed E-state index contributed by atoms with van der Waals surface area (Å²) < 4.78 is 12.3. The topological polar surface area (TPSA) is 35.5 Å². The van der Waals surface area contributed by atoms with Gasteiger partial charge in [-0.3, -0.25) is 4.79 Å². The normalized spacial score (nSPS) is 29.4. The summed E-state index contributed by atoms with van der Waals surface area (Å²) in [5, 5.41) is 0. The van der Waals surface area contributed by atoms with Crippen LogP contribution < -0.4 is 0 Å². The number of rotatable bonds is 7. The van der Waals surface area contributed by atoms with Crippen molar-refractivity contribution in [2.75, 3.05) is 39.4 Å². The summed E-state index contributed by atoms with van der Waals surface area (Å²) in [5.41, 5.74) is 1.05. The lowest BCUT2D eigenvalue weighted by atomic mass is 9.70. The Kier molecular flexibility index (Phi) is 5.02. The number of esters is 1. The van der Waals surface area contributed by atoms with Crippen LogP contribution in [0.4, 0.5) is 0 Å². The van der Waals surface area contributed by atoms with Crippen LogP contribution in [0.25, 0.3) is 0 Å². The van der Waals surface area contributed by atoms with Crippen molar-refractivity contribution in [2.45, 2.75) is 32.8 Å². The summed E-state index contributed by atoms with van der Waals surface area (Å²) in [6.45, 7) is 8.20. The van der Waals surface area contributed by atoms with Crippen molar-refractivity contribution in [3.05, 3.63) is 35.9 Å². The first kappa shape index (κ1) is 16.5. The van der Waals surface area contributed by atoms with E-state index in [0.717, 1.165) is 56.5 Å². The average Bonchev–Trinajstić information content (AvgIpc) is 2.61. The Morgan fingerprint density at radius 2 is 1.78 bits per heavy atom. The van der Waals surface area contributed by atoms with Crippen molar-refractivity contribution in [3.63, 3.8) is 0 Å². The van der Waals surface area contributed by atoms with Gasteiger partial charge in [0, 0.05) is 19.3 Å². The molecule has 126 valence electrons. The first-order valence-corrected chi connectivity index (χ1v) is 8.82.